The number of hydrogen-bond acceptors (Lipinski definition) is 2. The van der Waals surface area contributed by atoms with Gasteiger partial charge in [0.05, 0.1) is 0 Å². The molecule has 2 heteroatoms. The third-order valence-electron chi connectivity index (χ3n) is 5.41. The molecule has 4 rings (SSSR count). The number of piperazine rings is 1. The summed E-state index contributed by atoms with van der Waals surface area (Å²) in [7, 11) is 0. The average molecular weight is 369 g/mol. The molecule has 1 unspecified atom stereocenters. The zero-order valence-corrected chi connectivity index (χ0v) is 16.3. The monoisotopic (exact) mass is 368 g/mol. The van der Waals surface area contributed by atoms with E-state index in [1.807, 2.05) is 0 Å². The molecule has 0 aromatic heterocycles. The molecule has 1 heterocycles. The van der Waals surface area contributed by atoms with Gasteiger partial charge in [-0.2, -0.15) is 0 Å². The lowest BCUT2D eigenvalue weighted by atomic mass is 10.1. The van der Waals surface area contributed by atoms with E-state index in [1.54, 1.807) is 0 Å². The van der Waals surface area contributed by atoms with Crippen LogP contribution >= 0.6 is 0 Å². The van der Waals surface area contributed by atoms with Gasteiger partial charge in [0, 0.05) is 38.8 Å². The molecular weight excluding hydrogens is 340 g/mol. The van der Waals surface area contributed by atoms with E-state index in [0.29, 0.717) is 6.04 Å². The zero-order valence-electron chi connectivity index (χ0n) is 16.3. The predicted octanol–water partition coefficient (Wildman–Crippen LogP) is 5.09. The molecule has 0 aliphatic carbocycles. The Kier molecular flexibility index (Phi) is 6.33. The van der Waals surface area contributed by atoms with Gasteiger partial charge in [0.15, 0.2) is 0 Å². The minimum atomic E-state index is 0.415. The van der Waals surface area contributed by atoms with Gasteiger partial charge in [-0.1, -0.05) is 103 Å². The van der Waals surface area contributed by atoms with E-state index in [2.05, 4.69) is 113 Å². The summed E-state index contributed by atoms with van der Waals surface area (Å²) in [6.45, 7) is 5.29. The Bertz CT molecular complexity index is 859. The number of rotatable bonds is 6. The second-order valence-electron chi connectivity index (χ2n) is 7.51. The Balaban J connectivity index is 1.48. The second-order valence-corrected chi connectivity index (χ2v) is 7.51. The van der Waals surface area contributed by atoms with Crippen molar-refractivity contribution in [3.8, 4) is 0 Å². The van der Waals surface area contributed by atoms with E-state index in [9.17, 15) is 0 Å². The molecule has 0 amide bonds. The lowest BCUT2D eigenvalue weighted by molar-refractivity contribution is 0.0872. The van der Waals surface area contributed by atoms with Crippen LogP contribution in [0.5, 0.6) is 0 Å². The number of nitrogens with zero attached hydrogens (tertiary/aromatic N) is 2. The van der Waals surface area contributed by atoms with Gasteiger partial charge in [-0.3, -0.25) is 9.80 Å². The SMILES string of the molecule is C(=CC1CN(Cc2ccccc2)CCN1Cc1ccccc1)c1ccccc1. The van der Waals surface area contributed by atoms with Gasteiger partial charge >= 0.3 is 0 Å². The minimum Gasteiger partial charge on any atom is -0.296 e. The first-order valence-electron chi connectivity index (χ1n) is 10.1. The molecule has 1 aliphatic heterocycles. The fourth-order valence-corrected chi connectivity index (χ4v) is 3.88. The molecule has 1 fully saturated rings. The Morgan fingerprint density at radius 1 is 0.679 bits per heavy atom. The van der Waals surface area contributed by atoms with Crippen molar-refractivity contribution in [2.75, 3.05) is 19.6 Å². The highest BCUT2D eigenvalue weighted by Crippen LogP contribution is 2.18. The Hall–Kier alpha value is -2.68. The summed E-state index contributed by atoms with van der Waals surface area (Å²) < 4.78 is 0. The van der Waals surface area contributed by atoms with E-state index >= 15 is 0 Å². The van der Waals surface area contributed by atoms with Crippen LogP contribution in [0, 0.1) is 0 Å². The third kappa shape index (κ3) is 5.19. The van der Waals surface area contributed by atoms with Crippen molar-refractivity contribution in [2.45, 2.75) is 19.1 Å². The van der Waals surface area contributed by atoms with Gasteiger partial charge in [0.1, 0.15) is 0 Å². The highest BCUT2D eigenvalue weighted by molar-refractivity contribution is 5.49. The highest BCUT2D eigenvalue weighted by Gasteiger charge is 2.25. The van der Waals surface area contributed by atoms with Gasteiger partial charge in [-0.05, 0) is 16.7 Å². The molecule has 1 aliphatic rings. The number of hydrogen-bond donors (Lipinski definition) is 0. The summed E-state index contributed by atoms with van der Waals surface area (Å²) in [5, 5.41) is 0. The van der Waals surface area contributed by atoms with Crippen molar-refractivity contribution >= 4 is 6.08 Å². The zero-order chi connectivity index (χ0) is 19.0. The van der Waals surface area contributed by atoms with Crippen molar-refractivity contribution in [1.82, 2.24) is 9.80 Å². The minimum absolute atomic E-state index is 0.415. The molecule has 3 aromatic carbocycles. The molecule has 3 aromatic rings. The lowest BCUT2D eigenvalue weighted by Crippen LogP contribution is -2.51. The first kappa shape index (κ1) is 18.7. The first-order chi connectivity index (χ1) is 13.9. The molecule has 0 spiro atoms. The Morgan fingerprint density at radius 2 is 1.25 bits per heavy atom. The van der Waals surface area contributed by atoms with Gasteiger partial charge in [-0.25, -0.2) is 0 Å². The second kappa shape index (κ2) is 9.50. The van der Waals surface area contributed by atoms with Gasteiger partial charge in [0.2, 0.25) is 0 Å². The van der Waals surface area contributed by atoms with E-state index in [1.165, 1.54) is 16.7 Å². The topological polar surface area (TPSA) is 6.48 Å². The summed E-state index contributed by atoms with van der Waals surface area (Å²) in [6.07, 6.45) is 4.66. The Labute approximate surface area is 168 Å². The van der Waals surface area contributed by atoms with E-state index in [4.69, 9.17) is 0 Å². The lowest BCUT2D eigenvalue weighted by Gasteiger charge is -2.40. The predicted molar refractivity (Wildman–Crippen MR) is 118 cm³/mol. The average Bonchev–Trinajstić information content (AvgIpc) is 2.76. The van der Waals surface area contributed by atoms with Crippen LogP contribution in [-0.4, -0.2) is 35.5 Å². The van der Waals surface area contributed by atoms with Crippen LogP contribution in [0.4, 0.5) is 0 Å². The van der Waals surface area contributed by atoms with E-state index in [-0.39, 0.29) is 0 Å². The van der Waals surface area contributed by atoms with Crippen LogP contribution in [0.1, 0.15) is 16.7 Å². The van der Waals surface area contributed by atoms with Crippen LogP contribution in [0.15, 0.2) is 97.1 Å². The van der Waals surface area contributed by atoms with Gasteiger partial charge in [-0.15, -0.1) is 0 Å². The summed E-state index contributed by atoms with van der Waals surface area (Å²) >= 11 is 0. The Morgan fingerprint density at radius 3 is 1.89 bits per heavy atom. The van der Waals surface area contributed by atoms with Crippen molar-refractivity contribution in [2.24, 2.45) is 0 Å². The third-order valence-corrected chi connectivity index (χ3v) is 5.41. The van der Waals surface area contributed by atoms with Crippen molar-refractivity contribution < 1.29 is 0 Å². The van der Waals surface area contributed by atoms with Crippen molar-refractivity contribution in [1.29, 1.82) is 0 Å². The van der Waals surface area contributed by atoms with Gasteiger partial charge < -0.3 is 0 Å². The quantitative estimate of drug-likeness (QED) is 0.598. The standard InChI is InChI=1S/C26H28N2/c1-4-10-23(11-5-1)16-17-26-22-27(20-24-12-6-2-7-13-24)18-19-28(26)21-25-14-8-3-9-15-25/h1-17,26H,18-22H2. The van der Waals surface area contributed by atoms with Crippen molar-refractivity contribution in [3.63, 3.8) is 0 Å². The first-order valence-corrected chi connectivity index (χ1v) is 10.1. The molecular formula is C26H28N2. The summed E-state index contributed by atoms with van der Waals surface area (Å²) in [5.41, 5.74) is 4.05. The smallest absolute Gasteiger partial charge is 0.0413 e. The molecule has 1 saturated heterocycles. The van der Waals surface area contributed by atoms with Crippen LogP contribution in [-0.2, 0) is 13.1 Å². The van der Waals surface area contributed by atoms with E-state index in [0.717, 1.165) is 32.7 Å². The van der Waals surface area contributed by atoms with Crippen molar-refractivity contribution in [3.05, 3.63) is 114 Å². The molecule has 0 N–H and O–H groups in total. The molecule has 1 atom stereocenters. The number of benzene rings is 3. The summed E-state index contributed by atoms with van der Waals surface area (Å²) in [6, 6.07) is 32.7. The fourth-order valence-electron chi connectivity index (χ4n) is 3.88. The van der Waals surface area contributed by atoms with Crippen LogP contribution in [0.2, 0.25) is 0 Å². The molecule has 2 nitrogen and oxygen atoms in total. The maximum atomic E-state index is 2.61. The summed E-state index contributed by atoms with van der Waals surface area (Å²) in [5.74, 6) is 0. The molecule has 28 heavy (non-hydrogen) atoms. The largest absolute Gasteiger partial charge is 0.296 e. The maximum absolute atomic E-state index is 2.61. The highest BCUT2D eigenvalue weighted by atomic mass is 15.3. The van der Waals surface area contributed by atoms with Crippen LogP contribution in [0.3, 0.4) is 0 Å². The van der Waals surface area contributed by atoms with Gasteiger partial charge in [0.25, 0.3) is 0 Å². The maximum Gasteiger partial charge on any atom is 0.0413 e. The van der Waals surface area contributed by atoms with Crippen LogP contribution < -0.4 is 0 Å². The molecule has 142 valence electrons. The molecule has 0 bridgehead atoms. The normalized spacial score (nSPS) is 18.5. The molecule has 0 saturated carbocycles. The summed E-state index contributed by atoms with van der Waals surface area (Å²) in [4.78, 5) is 5.19. The van der Waals surface area contributed by atoms with E-state index < -0.39 is 0 Å². The molecule has 0 radical (unpaired) electrons. The fraction of sp³-hybridized carbons (Fsp3) is 0.231. The van der Waals surface area contributed by atoms with Crippen LogP contribution in [0.25, 0.3) is 6.08 Å².